The molecule has 0 aromatic rings. The van der Waals surface area contributed by atoms with Crippen LogP contribution < -0.4 is 0 Å². The van der Waals surface area contributed by atoms with E-state index in [0.717, 1.165) is 12.8 Å². The molecule has 0 saturated heterocycles. The third-order valence-electron chi connectivity index (χ3n) is 2.71. The van der Waals surface area contributed by atoms with E-state index in [-0.39, 0.29) is 5.97 Å². The van der Waals surface area contributed by atoms with Crippen molar-refractivity contribution in [1.29, 1.82) is 0 Å². The van der Waals surface area contributed by atoms with E-state index in [1.165, 1.54) is 12.7 Å². The van der Waals surface area contributed by atoms with Crippen LogP contribution in [0.25, 0.3) is 0 Å². The van der Waals surface area contributed by atoms with Crippen molar-refractivity contribution in [3.05, 3.63) is 12.2 Å². The summed E-state index contributed by atoms with van der Waals surface area (Å²) in [5, 5.41) is 0. The number of hydrogen-bond acceptors (Lipinski definition) is 3. The van der Waals surface area contributed by atoms with Gasteiger partial charge in [-0.25, -0.2) is 4.79 Å². The van der Waals surface area contributed by atoms with Gasteiger partial charge in [-0.15, -0.1) is 0 Å². The molecule has 0 atom stereocenters. The average Bonchev–Trinajstić information content (AvgIpc) is 2.18. The van der Waals surface area contributed by atoms with E-state index in [4.69, 9.17) is 9.47 Å². The first-order chi connectivity index (χ1) is 6.14. The maximum atomic E-state index is 11.4. The number of hydrogen-bond donors (Lipinski definition) is 0. The van der Waals surface area contributed by atoms with Gasteiger partial charge in [0.1, 0.15) is 0 Å². The molecule has 74 valence electrons. The molecular weight excluding hydrogens is 168 g/mol. The van der Waals surface area contributed by atoms with Crippen molar-refractivity contribution in [3.8, 4) is 0 Å². The number of carbonyl (C=O) groups is 1. The van der Waals surface area contributed by atoms with E-state index < -0.39 is 5.60 Å². The summed E-state index contributed by atoms with van der Waals surface area (Å²) in [7, 11) is 2.96. The molecule has 0 amide bonds. The normalized spacial score (nSPS) is 21.2. The summed E-state index contributed by atoms with van der Waals surface area (Å²) in [6, 6.07) is 0. The fourth-order valence-electron chi connectivity index (χ4n) is 1.68. The number of allylic oxidation sites excluding steroid dienone is 1. The lowest BCUT2D eigenvalue weighted by molar-refractivity contribution is -0.169. The van der Waals surface area contributed by atoms with Crippen LogP contribution in [0.15, 0.2) is 12.2 Å². The smallest absolute Gasteiger partial charge is 0.338 e. The second kappa shape index (κ2) is 3.92. The minimum absolute atomic E-state index is 0.262. The number of rotatable bonds is 2. The SMILES string of the molecule is C=C1CCC(OC)(C(=O)OC)CC1. The number of methoxy groups -OCH3 is 2. The van der Waals surface area contributed by atoms with Crippen molar-refractivity contribution in [1.82, 2.24) is 0 Å². The van der Waals surface area contributed by atoms with Crippen LogP contribution >= 0.6 is 0 Å². The summed E-state index contributed by atoms with van der Waals surface area (Å²) < 4.78 is 9.99. The standard InChI is InChI=1S/C10H16O3/c1-8-4-6-10(13-3,7-5-8)9(11)12-2/h1,4-7H2,2-3H3. The van der Waals surface area contributed by atoms with Crippen molar-refractivity contribution in [2.24, 2.45) is 0 Å². The van der Waals surface area contributed by atoms with Crippen molar-refractivity contribution in [3.63, 3.8) is 0 Å². The summed E-state index contributed by atoms with van der Waals surface area (Å²) >= 11 is 0. The van der Waals surface area contributed by atoms with Crippen LogP contribution in [0, 0.1) is 0 Å². The van der Waals surface area contributed by atoms with Gasteiger partial charge in [0.2, 0.25) is 0 Å². The van der Waals surface area contributed by atoms with E-state index in [0.29, 0.717) is 12.8 Å². The first-order valence-electron chi connectivity index (χ1n) is 4.45. The monoisotopic (exact) mass is 184 g/mol. The predicted octanol–water partition coefficient (Wildman–Crippen LogP) is 1.67. The quantitative estimate of drug-likeness (QED) is 0.484. The molecule has 0 aliphatic heterocycles. The Labute approximate surface area is 78.7 Å². The molecule has 1 saturated carbocycles. The lowest BCUT2D eigenvalue weighted by atomic mass is 9.82. The van der Waals surface area contributed by atoms with Gasteiger partial charge in [0.05, 0.1) is 7.11 Å². The molecule has 1 rings (SSSR count). The Morgan fingerprint density at radius 1 is 1.38 bits per heavy atom. The number of carbonyl (C=O) groups excluding carboxylic acids is 1. The highest BCUT2D eigenvalue weighted by molar-refractivity contribution is 5.79. The van der Waals surface area contributed by atoms with E-state index >= 15 is 0 Å². The third-order valence-corrected chi connectivity index (χ3v) is 2.71. The minimum atomic E-state index is -0.712. The van der Waals surface area contributed by atoms with Crippen molar-refractivity contribution in [2.75, 3.05) is 14.2 Å². The Morgan fingerprint density at radius 3 is 2.31 bits per heavy atom. The number of ether oxygens (including phenoxy) is 2. The van der Waals surface area contributed by atoms with Gasteiger partial charge in [-0.1, -0.05) is 12.2 Å². The Balaban J connectivity index is 2.71. The van der Waals surface area contributed by atoms with Gasteiger partial charge in [-0.2, -0.15) is 0 Å². The van der Waals surface area contributed by atoms with Crippen molar-refractivity contribution >= 4 is 5.97 Å². The summed E-state index contributed by atoms with van der Waals surface area (Å²) in [5.41, 5.74) is 0.479. The fraction of sp³-hybridized carbons (Fsp3) is 0.700. The maximum absolute atomic E-state index is 11.4. The van der Waals surface area contributed by atoms with Crippen LogP contribution in [0.3, 0.4) is 0 Å². The summed E-state index contributed by atoms with van der Waals surface area (Å²) in [6.45, 7) is 3.89. The largest absolute Gasteiger partial charge is 0.467 e. The van der Waals surface area contributed by atoms with E-state index in [9.17, 15) is 4.79 Å². The maximum Gasteiger partial charge on any atom is 0.338 e. The molecule has 0 spiro atoms. The molecule has 1 fully saturated rings. The zero-order chi connectivity index (χ0) is 9.90. The molecule has 3 nitrogen and oxygen atoms in total. The first kappa shape index (κ1) is 10.3. The highest BCUT2D eigenvalue weighted by atomic mass is 16.6. The molecule has 0 aromatic carbocycles. The summed E-state index contributed by atoms with van der Waals surface area (Å²) in [6.07, 6.45) is 3.08. The molecular formula is C10H16O3. The third kappa shape index (κ3) is 1.91. The topological polar surface area (TPSA) is 35.5 Å². The molecule has 1 aliphatic carbocycles. The second-order valence-electron chi connectivity index (χ2n) is 3.44. The molecule has 1 aliphatic rings. The van der Waals surface area contributed by atoms with Crippen LogP contribution in [-0.4, -0.2) is 25.8 Å². The van der Waals surface area contributed by atoms with Crippen LogP contribution in [0.4, 0.5) is 0 Å². The molecule has 0 N–H and O–H groups in total. The molecule has 0 unspecified atom stereocenters. The van der Waals surface area contributed by atoms with Gasteiger partial charge in [0.25, 0.3) is 0 Å². The van der Waals surface area contributed by atoms with Crippen molar-refractivity contribution in [2.45, 2.75) is 31.3 Å². The molecule has 0 aromatic heterocycles. The summed E-state index contributed by atoms with van der Waals surface area (Å²) in [5.74, 6) is -0.262. The van der Waals surface area contributed by atoms with Crippen LogP contribution in [0.1, 0.15) is 25.7 Å². The van der Waals surface area contributed by atoms with Gasteiger partial charge in [-0.3, -0.25) is 0 Å². The van der Waals surface area contributed by atoms with E-state index in [2.05, 4.69) is 6.58 Å². The average molecular weight is 184 g/mol. The van der Waals surface area contributed by atoms with Gasteiger partial charge in [0, 0.05) is 7.11 Å². The first-order valence-corrected chi connectivity index (χ1v) is 4.45. The van der Waals surface area contributed by atoms with Gasteiger partial charge < -0.3 is 9.47 Å². The number of esters is 1. The van der Waals surface area contributed by atoms with Gasteiger partial charge in [0.15, 0.2) is 5.60 Å². The van der Waals surface area contributed by atoms with Crippen LogP contribution in [0.2, 0.25) is 0 Å². The molecule has 3 heteroatoms. The highest BCUT2D eigenvalue weighted by Crippen LogP contribution is 2.34. The highest BCUT2D eigenvalue weighted by Gasteiger charge is 2.41. The zero-order valence-electron chi connectivity index (χ0n) is 8.26. The van der Waals surface area contributed by atoms with E-state index in [1.807, 2.05) is 0 Å². The molecule has 13 heavy (non-hydrogen) atoms. The molecule has 0 bridgehead atoms. The lowest BCUT2D eigenvalue weighted by Crippen LogP contribution is -2.43. The Bertz CT molecular complexity index is 210. The summed E-state index contributed by atoms with van der Waals surface area (Å²) in [4.78, 5) is 11.4. The Morgan fingerprint density at radius 2 is 1.92 bits per heavy atom. The Hall–Kier alpha value is -0.830. The molecule has 0 radical (unpaired) electrons. The van der Waals surface area contributed by atoms with Crippen LogP contribution in [-0.2, 0) is 14.3 Å². The predicted molar refractivity (Wildman–Crippen MR) is 49.4 cm³/mol. The minimum Gasteiger partial charge on any atom is -0.467 e. The second-order valence-corrected chi connectivity index (χ2v) is 3.44. The zero-order valence-corrected chi connectivity index (χ0v) is 8.26. The fourth-order valence-corrected chi connectivity index (χ4v) is 1.68. The van der Waals surface area contributed by atoms with E-state index in [1.54, 1.807) is 7.11 Å². The van der Waals surface area contributed by atoms with Crippen molar-refractivity contribution < 1.29 is 14.3 Å². The van der Waals surface area contributed by atoms with Gasteiger partial charge in [-0.05, 0) is 25.7 Å². The van der Waals surface area contributed by atoms with Crippen LogP contribution in [0.5, 0.6) is 0 Å². The lowest BCUT2D eigenvalue weighted by Gasteiger charge is -2.33. The van der Waals surface area contributed by atoms with Gasteiger partial charge >= 0.3 is 5.97 Å². The Kier molecular flexibility index (Phi) is 3.09. The molecule has 0 heterocycles.